The fourth-order valence-corrected chi connectivity index (χ4v) is 2.10. The van der Waals surface area contributed by atoms with Gasteiger partial charge in [0.05, 0.1) is 0 Å². The Balaban J connectivity index is 2.17. The zero-order valence-corrected chi connectivity index (χ0v) is 8.50. The van der Waals surface area contributed by atoms with E-state index in [0.29, 0.717) is 0 Å². The lowest BCUT2D eigenvalue weighted by atomic mass is 9.89. The summed E-state index contributed by atoms with van der Waals surface area (Å²) in [6, 6.07) is 8.75. The third-order valence-electron chi connectivity index (χ3n) is 2.96. The largest absolute Gasteiger partial charge is 0.317 e. The van der Waals surface area contributed by atoms with E-state index >= 15 is 0 Å². The average Bonchev–Trinajstić information content (AvgIpc) is 2.30. The number of rotatable bonds is 2. The predicted octanol–water partition coefficient (Wildman–Crippen LogP) is 2.80. The van der Waals surface area contributed by atoms with Crippen LogP contribution in [0.5, 0.6) is 0 Å². The highest BCUT2D eigenvalue weighted by Crippen LogP contribution is 2.25. The van der Waals surface area contributed by atoms with Crippen molar-refractivity contribution in [3.63, 3.8) is 0 Å². The molecule has 1 saturated heterocycles. The number of nitrogens with one attached hydrogen (secondary N) is 1. The van der Waals surface area contributed by atoms with Gasteiger partial charge in [-0.15, -0.1) is 0 Å². The van der Waals surface area contributed by atoms with Crippen molar-refractivity contribution in [2.45, 2.75) is 18.8 Å². The lowest BCUT2D eigenvalue weighted by Gasteiger charge is -2.23. The smallest absolute Gasteiger partial charge is 0.00431 e. The molecule has 1 nitrogen and oxygen atoms in total. The standard InChI is InChI=1S/C13H17N/c1-2-11-4-3-5-13(10-11)12-6-8-14-9-7-12/h2-5,10,12,14H,1,6-9H2. The van der Waals surface area contributed by atoms with Crippen LogP contribution in [0.1, 0.15) is 29.9 Å². The average molecular weight is 187 g/mol. The molecule has 0 aliphatic carbocycles. The van der Waals surface area contributed by atoms with E-state index in [0.717, 1.165) is 19.0 Å². The maximum Gasteiger partial charge on any atom is -0.00431 e. The van der Waals surface area contributed by atoms with Gasteiger partial charge in [-0.2, -0.15) is 0 Å². The van der Waals surface area contributed by atoms with Crippen LogP contribution in [0.4, 0.5) is 0 Å². The molecule has 14 heavy (non-hydrogen) atoms. The Hall–Kier alpha value is -1.08. The summed E-state index contributed by atoms with van der Waals surface area (Å²) in [7, 11) is 0. The van der Waals surface area contributed by atoms with Crippen molar-refractivity contribution in [1.82, 2.24) is 5.32 Å². The zero-order chi connectivity index (χ0) is 9.80. The monoisotopic (exact) mass is 187 g/mol. The molecular weight excluding hydrogens is 170 g/mol. The molecule has 2 rings (SSSR count). The summed E-state index contributed by atoms with van der Waals surface area (Å²) < 4.78 is 0. The van der Waals surface area contributed by atoms with Gasteiger partial charge >= 0.3 is 0 Å². The second-order valence-corrected chi connectivity index (χ2v) is 3.90. The predicted molar refractivity (Wildman–Crippen MR) is 61.4 cm³/mol. The summed E-state index contributed by atoms with van der Waals surface area (Å²) in [5, 5.41) is 3.39. The van der Waals surface area contributed by atoms with Crippen LogP contribution >= 0.6 is 0 Å². The molecule has 1 heteroatoms. The Labute approximate surface area is 85.8 Å². The Morgan fingerprint density at radius 2 is 2.07 bits per heavy atom. The van der Waals surface area contributed by atoms with E-state index in [-0.39, 0.29) is 0 Å². The van der Waals surface area contributed by atoms with Crippen molar-refractivity contribution in [3.8, 4) is 0 Å². The quantitative estimate of drug-likeness (QED) is 0.750. The van der Waals surface area contributed by atoms with Gasteiger partial charge in [-0.3, -0.25) is 0 Å². The van der Waals surface area contributed by atoms with Gasteiger partial charge in [-0.05, 0) is 43.0 Å². The fraction of sp³-hybridized carbons (Fsp3) is 0.385. The van der Waals surface area contributed by atoms with Gasteiger partial charge in [-0.1, -0.05) is 36.9 Å². The first kappa shape index (κ1) is 9.47. The molecule has 1 aliphatic heterocycles. The van der Waals surface area contributed by atoms with Crippen LogP contribution < -0.4 is 5.32 Å². The topological polar surface area (TPSA) is 12.0 Å². The third kappa shape index (κ3) is 2.05. The SMILES string of the molecule is C=Cc1cccc(C2CCNCC2)c1. The highest BCUT2D eigenvalue weighted by molar-refractivity contribution is 5.48. The molecule has 1 N–H and O–H groups in total. The molecular formula is C13H17N. The first-order chi connectivity index (χ1) is 6.90. The van der Waals surface area contributed by atoms with E-state index in [1.165, 1.54) is 24.0 Å². The van der Waals surface area contributed by atoms with E-state index in [1.54, 1.807) is 0 Å². The van der Waals surface area contributed by atoms with Crippen molar-refractivity contribution in [3.05, 3.63) is 42.0 Å². The van der Waals surface area contributed by atoms with Gasteiger partial charge in [-0.25, -0.2) is 0 Å². The Morgan fingerprint density at radius 3 is 2.79 bits per heavy atom. The van der Waals surface area contributed by atoms with Crippen LogP contribution in [-0.4, -0.2) is 13.1 Å². The summed E-state index contributed by atoms with van der Waals surface area (Å²) >= 11 is 0. The second-order valence-electron chi connectivity index (χ2n) is 3.90. The highest BCUT2D eigenvalue weighted by Gasteiger charge is 2.14. The van der Waals surface area contributed by atoms with E-state index in [2.05, 4.69) is 36.2 Å². The van der Waals surface area contributed by atoms with Crippen LogP contribution in [0, 0.1) is 0 Å². The normalized spacial score (nSPS) is 18.0. The molecule has 1 heterocycles. The highest BCUT2D eigenvalue weighted by atomic mass is 14.9. The van der Waals surface area contributed by atoms with E-state index in [1.807, 2.05) is 6.08 Å². The molecule has 0 spiro atoms. The van der Waals surface area contributed by atoms with Crippen molar-refractivity contribution >= 4 is 6.08 Å². The molecule has 0 amide bonds. The Morgan fingerprint density at radius 1 is 1.29 bits per heavy atom. The molecule has 0 atom stereocenters. The summed E-state index contributed by atoms with van der Waals surface area (Å²) in [6.07, 6.45) is 4.45. The Bertz CT molecular complexity index is 311. The number of piperidine rings is 1. The first-order valence-corrected chi connectivity index (χ1v) is 5.33. The molecule has 1 fully saturated rings. The molecule has 74 valence electrons. The minimum Gasteiger partial charge on any atom is -0.317 e. The molecule has 1 aromatic carbocycles. The number of benzene rings is 1. The minimum absolute atomic E-state index is 0.746. The van der Waals surface area contributed by atoms with Gasteiger partial charge < -0.3 is 5.32 Å². The molecule has 0 bridgehead atoms. The van der Waals surface area contributed by atoms with E-state index in [9.17, 15) is 0 Å². The maximum atomic E-state index is 3.80. The summed E-state index contributed by atoms with van der Waals surface area (Å²) in [5.41, 5.74) is 2.71. The summed E-state index contributed by atoms with van der Waals surface area (Å²) in [6.45, 7) is 6.12. The number of hydrogen-bond acceptors (Lipinski definition) is 1. The Kier molecular flexibility index (Phi) is 3.00. The van der Waals surface area contributed by atoms with Crippen molar-refractivity contribution < 1.29 is 0 Å². The van der Waals surface area contributed by atoms with Gasteiger partial charge in [0, 0.05) is 0 Å². The van der Waals surface area contributed by atoms with Crippen molar-refractivity contribution in [2.75, 3.05) is 13.1 Å². The van der Waals surface area contributed by atoms with Crippen LogP contribution in [0.2, 0.25) is 0 Å². The summed E-state index contributed by atoms with van der Waals surface area (Å²) in [4.78, 5) is 0. The molecule has 0 aromatic heterocycles. The van der Waals surface area contributed by atoms with Gasteiger partial charge in [0.15, 0.2) is 0 Å². The van der Waals surface area contributed by atoms with Crippen LogP contribution in [0.15, 0.2) is 30.8 Å². The van der Waals surface area contributed by atoms with Crippen LogP contribution in [0.3, 0.4) is 0 Å². The molecule has 1 aliphatic rings. The minimum atomic E-state index is 0.746. The fourth-order valence-electron chi connectivity index (χ4n) is 2.10. The van der Waals surface area contributed by atoms with Gasteiger partial charge in [0.1, 0.15) is 0 Å². The lowest BCUT2D eigenvalue weighted by Crippen LogP contribution is -2.26. The molecule has 0 radical (unpaired) electrons. The van der Waals surface area contributed by atoms with Gasteiger partial charge in [0.2, 0.25) is 0 Å². The maximum absolute atomic E-state index is 3.80. The lowest BCUT2D eigenvalue weighted by molar-refractivity contribution is 0.460. The zero-order valence-electron chi connectivity index (χ0n) is 8.50. The van der Waals surface area contributed by atoms with E-state index < -0.39 is 0 Å². The van der Waals surface area contributed by atoms with Gasteiger partial charge in [0.25, 0.3) is 0 Å². The number of hydrogen-bond donors (Lipinski definition) is 1. The van der Waals surface area contributed by atoms with Crippen LogP contribution in [-0.2, 0) is 0 Å². The van der Waals surface area contributed by atoms with E-state index in [4.69, 9.17) is 0 Å². The second kappa shape index (κ2) is 4.43. The molecule has 0 unspecified atom stereocenters. The van der Waals surface area contributed by atoms with Crippen LogP contribution in [0.25, 0.3) is 6.08 Å². The van der Waals surface area contributed by atoms with Crippen molar-refractivity contribution in [1.29, 1.82) is 0 Å². The molecule has 1 aromatic rings. The molecule has 0 saturated carbocycles. The summed E-state index contributed by atoms with van der Waals surface area (Å²) in [5.74, 6) is 0.746. The third-order valence-corrected chi connectivity index (χ3v) is 2.96. The van der Waals surface area contributed by atoms with Crippen molar-refractivity contribution in [2.24, 2.45) is 0 Å². The first-order valence-electron chi connectivity index (χ1n) is 5.33.